The second-order valence-electron chi connectivity index (χ2n) is 3.99. The predicted octanol–water partition coefficient (Wildman–Crippen LogP) is 5.43. The van der Waals surface area contributed by atoms with Gasteiger partial charge < -0.3 is 5.32 Å². The summed E-state index contributed by atoms with van der Waals surface area (Å²) in [6, 6.07) is 7.77. The van der Waals surface area contributed by atoms with E-state index in [1.807, 2.05) is 19.2 Å². The van der Waals surface area contributed by atoms with Gasteiger partial charge in [0.05, 0.1) is 9.83 Å². The summed E-state index contributed by atoms with van der Waals surface area (Å²) in [5, 5.41) is 4.71. The van der Waals surface area contributed by atoms with Gasteiger partial charge in [-0.15, -0.1) is 11.3 Å². The normalized spacial score (nSPS) is 12.7. The van der Waals surface area contributed by atoms with Gasteiger partial charge in [-0.1, -0.05) is 23.2 Å². The van der Waals surface area contributed by atoms with E-state index in [4.69, 9.17) is 23.2 Å². The highest BCUT2D eigenvalue weighted by Gasteiger charge is 2.18. The third-order valence-electron chi connectivity index (χ3n) is 2.72. The maximum Gasteiger partial charge on any atom is 0.0731 e. The van der Waals surface area contributed by atoms with Crippen LogP contribution in [0.15, 0.2) is 28.1 Å². The number of aryl methyl sites for hydroxylation is 1. The summed E-state index contributed by atoms with van der Waals surface area (Å²) in [6.45, 7) is 2.08. The van der Waals surface area contributed by atoms with Crippen molar-refractivity contribution in [3.63, 3.8) is 0 Å². The first kappa shape index (κ1) is 14.4. The Morgan fingerprint density at radius 2 is 2.00 bits per heavy atom. The Labute approximate surface area is 129 Å². The molecule has 1 aromatic carbocycles. The fourth-order valence-corrected chi connectivity index (χ4v) is 3.92. The van der Waals surface area contributed by atoms with E-state index in [9.17, 15) is 0 Å². The Morgan fingerprint density at radius 3 is 2.56 bits per heavy atom. The first-order valence-corrected chi connectivity index (χ1v) is 7.77. The zero-order chi connectivity index (χ0) is 13.3. The minimum Gasteiger partial charge on any atom is -0.309 e. The molecule has 1 atom stereocenters. The lowest BCUT2D eigenvalue weighted by Crippen LogP contribution is -2.16. The molecule has 1 nitrogen and oxygen atoms in total. The molecule has 1 N–H and O–H groups in total. The number of thiophene rings is 1. The topological polar surface area (TPSA) is 12.0 Å². The summed E-state index contributed by atoms with van der Waals surface area (Å²) in [7, 11) is 1.92. The van der Waals surface area contributed by atoms with Gasteiger partial charge in [-0.2, -0.15) is 0 Å². The standard InChI is InChI=1S/C13H12BrCl2NS/c1-7-5-11(18-13(7)14)12(17-2)9-6-8(15)3-4-10(9)16/h3-6,12,17H,1-2H3. The summed E-state index contributed by atoms with van der Waals surface area (Å²) < 4.78 is 1.15. The van der Waals surface area contributed by atoms with Crippen LogP contribution in [0.3, 0.4) is 0 Å². The van der Waals surface area contributed by atoms with Crippen LogP contribution < -0.4 is 5.32 Å². The minimum atomic E-state index is 0.0613. The number of rotatable bonds is 3. The van der Waals surface area contributed by atoms with E-state index in [0.29, 0.717) is 5.02 Å². The van der Waals surface area contributed by atoms with E-state index in [1.165, 1.54) is 10.4 Å². The van der Waals surface area contributed by atoms with Gasteiger partial charge in [0.1, 0.15) is 0 Å². The van der Waals surface area contributed by atoms with Crippen LogP contribution >= 0.6 is 50.5 Å². The van der Waals surface area contributed by atoms with Crippen molar-refractivity contribution >= 4 is 50.5 Å². The van der Waals surface area contributed by atoms with Crippen LogP contribution in [-0.4, -0.2) is 7.05 Å². The van der Waals surface area contributed by atoms with E-state index in [1.54, 1.807) is 17.4 Å². The smallest absolute Gasteiger partial charge is 0.0731 e. The van der Waals surface area contributed by atoms with E-state index < -0.39 is 0 Å². The van der Waals surface area contributed by atoms with Crippen molar-refractivity contribution in [1.82, 2.24) is 5.32 Å². The Hall–Kier alpha value is -0.0600. The van der Waals surface area contributed by atoms with Crippen molar-refractivity contribution < 1.29 is 0 Å². The predicted molar refractivity (Wildman–Crippen MR) is 84.1 cm³/mol. The van der Waals surface area contributed by atoms with Gasteiger partial charge in [0, 0.05) is 14.9 Å². The Balaban J connectivity index is 2.48. The third kappa shape index (κ3) is 2.91. The zero-order valence-electron chi connectivity index (χ0n) is 9.93. The lowest BCUT2D eigenvalue weighted by Gasteiger charge is -2.16. The summed E-state index contributed by atoms with van der Waals surface area (Å²) in [5.74, 6) is 0. The van der Waals surface area contributed by atoms with Crippen molar-refractivity contribution in [3.8, 4) is 0 Å². The molecule has 2 aromatic rings. The highest BCUT2D eigenvalue weighted by Crippen LogP contribution is 2.37. The van der Waals surface area contributed by atoms with Gasteiger partial charge in [0.15, 0.2) is 0 Å². The third-order valence-corrected chi connectivity index (χ3v) is 5.50. The Morgan fingerprint density at radius 1 is 1.28 bits per heavy atom. The van der Waals surface area contributed by atoms with Crippen LogP contribution in [0.2, 0.25) is 10.0 Å². The van der Waals surface area contributed by atoms with Gasteiger partial charge in [0.2, 0.25) is 0 Å². The molecule has 0 radical (unpaired) electrons. The summed E-state index contributed by atoms with van der Waals surface area (Å²) in [5.41, 5.74) is 2.23. The fourth-order valence-electron chi connectivity index (χ4n) is 1.81. The van der Waals surface area contributed by atoms with Crippen molar-refractivity contribution in [2.45, 2.75) is 13.0 Å². The number of nitrogens with one attached hydrogen (secondary N) is 1. The highest BCUT2D eigenvalue weighted by molar-refractivity contribution is 9.11. The number of hydrogen-bond donors (Lipinski definition) is 1. The van der Waals surface area contributed by atoms with E-state index in [-0.39, 0.29) is 6.04 Å². The molecule has 96 valence electrons. The average Bonchev–Trinajstić information content (AvgIpc) is 2.65. The Bertz CT molecular complexity index is 549. The largest absolute Gasteiger partial charge is 0.309 e. The van der Waals surface area contributed by atoms with E-state index in [0.717, 1.165) is 14.4 Å². The van der Waals surface area contributed by atoms with Crippen molar-refractivity contribution in [3.05, 3.63) is 54.1 Å². The molecule has 1 heterocycles. The maximum absolute atomic E-state index is 6.26. The van der Waals surface area contributed by atoms with Gasteiger partial charge in [-0.3, -0.25) is 0 Å². The molecule has 2 rings (SSSR count). The Kier molecular flexibility index (Phi) is 4.73. The van der Waals surface area contributed by atoms with Crippen molar-refractivity contribution in [2.75, 3.05) is 7.05 Å². The molecule has 1 unspecified atom stereocenters. The van der Waals surface area contributed by atoms with E-state index in [2.05, 4.69) is 34.2 Å². The summed E-state index contributed by atoms with van der Waals surface area (Å²) >= 11 is 17.6. The van der Waals surface area contributed by atoms with Crippen LogP contribution in [0.25, 0.3) is 0 Å². The SMILES string of the molecule is CNC(c1cc(C)c(Br)s1)c1cc(Cl)ccc1Cl. The zero-order valence-corrected chi connectivity index (χ0v) is 13.8. The molecular weight excluding hydrogens is 353 g/mol. The van der Waals surface area contributed by atoms with Crippen LogP contribution in [0.5, 0.6) is 0 Å². The minimum absolute atomic E-state index is 0.0613. The van der Waals surface area contributed by atoms with Crippen LogP contribution in [0.1, 0.15) is 22.0 Å². The number of benzene rings is 1. The summed E-state index contributed by atoms with van der Waals surface area (Å²) in [6.07, 6.45) is 0. The van der Waals surface area contributed by atoms with Gasteiger partial charge >= 0.3 is 0 Å². The van der Waals surface area contributed by atoms with Gasteiger partial charge in [-0.05, 0) is 65.3 Å². The average molecular weight is 365 g/mol. The molecule has 1 aromatic heterocycles. The fraction of sp³-hybridized carbons (Fsp3) is 0.231. The van der Waals surface area contributed by atoms with E-state index >= 15 is 0 Å². The quantitative estimate of drug-likeness (QED) is 0.765. The van der Waals surface area contributed by atoms with Crippen LogP contribution in [0.4, 0.5) is 0 Å². The first-order valence-electron chi connectivity index (χ1n) is 5.41. The molecule has 0 amide bonds. The molecule has 0 fully saturated rings. The molecule has 0 spiro atoms. The van der Waals surface area contributed by atoms with Crippen molar-refractivity contribution in [2.24, 2.45) is 0 Å². The first-order chi connectivity index (χ1) is 8.52. The molecule has 0 aliphatic heterocycles. The van der Waals surface area contributed by atoms with Crippen molar-refractivity contribution in [1.29, 1.82) is 0 Å². The lowest BCUT2D eigenvalue weighted by molar-refractivity contribution is 0.704. The number of halogens is 3. The highest BCUT2D eigenvalue weighted by atomic mass is 79.9. The molecule has 0 saturated heterocycles. The molecule has 0 aliphatic rings. The lowest BCUT2D eigenvalue weighted by atomic mass is 10.1. The van der Waals surface area contributed by atoms with Gasteiger partial charge in [-0.25, -0.2) is 0 Å². The maximum atomic E-state index is 6.26. The molecule has 5 heteroatoms. The molecule has 0 bridgehead atoms. The molecule has 0 aliphatic carbocycles. The van der Waals surface area contributed by atoms with Crippen LogP contribution in [0, 0.1) is 6.92 Å². The van der Waals surface area contributed by atoms with Crippen LogP contribution in [-0.2, 0) is 0 Å². The molecule has 0 saturated carbocycles. The molecular formula is C13H12BrCl2NS. The van der Waals surface area contributed by atoms with Gasteiger partial charge in [0.25, 0.3) is 0 Å². The second kappa shape index (κ2) is 5.93. The second-order valence-corrected chi connectivity index (χ2v) is 7.24. The summed E-state index contributed by atoms with van der Waals surface area (Å²) in [4.78, 5) is 1.21. The molecule has 18 heavy (non-hydrogen) atoms. The number of hydrogen-bond acceptors (Lipinski definition) is 2. The monoisotopic (exact) mass is 363 g/mol.